The molecule has 0 aliphatic rings. The van der Waals surface area contributed by atoms with E-state index in [2.05, 4.69) is 4.98 Å². The SMILES string of the molecule is Cc1ccc(-c2ccncc2)cc1C(N)=O. The molecular weight excluding hydrogens is 200 g/mol. The largest absolute Gasteiger partial charge is 0.366 e. The van der Waals surface area contributed by atoms with Crippen LogP contribution in [0.2, 0.25) is 0 Å². The molecule has 0 fully saturated rings. The molecule has 16 heavy (non-hydrogen) atoms. The molecule has 3 heteroatoms. The smallest absolute Gasteiger partial charge is 0.248 e. The predicted molar refractivity (Wildman–Crippen MR) is 62.9 cm³/mol. The minimum Gasteiger partial charge on any atom is -0.366 e. The number of carbonyl (C=O) groups excluding carboxylic acids is 1. The van der Waals surface area contributed by atoms with Crippen molar-refractivity contribution in [2.45, 2.75) is 6.92 Å². The van der Waals surface area contributed by atoms with Crippen molar-refractivity contribution in [3.05, 3.63) is 53.9 Å². The van der Waals surface area contributed by atoms with Crippen molar-refractivity contribution in [1.29, 1.82) is 0 Å². The van der Waals surface area contributed by atoms with E-state index in [1.807, 2.05) is 37.3 Å². The second kappa shape index (κ2) is 4.14. The van der Waals surface area contributed by atoms with Crippen molar-refractivity contribution in [2.24, 2.45) is 5.73 Å². The van der Waals surface area contributed by atoms with Gasteiger partial charge in [-0.3, -0.25) is 9.78 Å². The summed E-state index contributed by atoms with van der Waals surface area (Å²) >= 11 is 0. The van der Waals surface area contributed by atoms with Gasteiger partial charge in [0, 0.05) is 18.0 Å². The molecule has 2 rings (SSSR count). The lowest BCUT2D eigenvalue weighted by molar-refractivity contribution is 0.1000. The van der Waals surface area contributed by atoms with Crippen LogP contribution in [0.5, 0.6) is 0 Å². The summed E-state index contributed by atoms with van der Waals surface area (Å²) in [5, 5.41) is 0. The quantitative estimate of drug-likeness (QED) is 0.829. The van der Waals surface area contributed by atoms with Crippen LogP contribution in [0.15, 0.2) is 42.7 Å². The van der Waals surface area contributed by atoms with Gasteiger partial charge in [0.05, 0.1) is 0 Å². The first-order valence-corrected chi connectivity index (χ1v) is 4.99. The molecule has 0 saturated heterocycles. The Bertz CT molecular complexity index is 521. The number of primary amides is 1. The standard InChI is InChI=1S/C13H12N2O/c1-9-2-3-11(8-12(9)13(14)16)10-4-6-15-7-5-10/h2-8H,1H3,(H2,14,16). The van der Waals surface area contributed by atoms with Crippen LogP contribution in [0, 0.1) is 6.92 Å². The highest BCUT2D eigenvalue weighted by Gasteiger charge is 2.06. The molecule has 1 aromatic carbocycles. The van der Waals surface area contributed by atoms with Crippen molar-refractivity contribution < 1.29 is 4.79 Å². The van der Waals surface area contributed by atoms with Gasteiger partial charge in [-0.1, -0.05) is 12.1 Å². The fourth-order valence-corrected chi connectivity index (χ4v) is 1.61. The van der Waals surface area contributed by atoms with E-state index in [0.717, 1.165) is 16.7 Å². The lowest BCUT2D eigenvalue weighted by atomic mass is 10.0. The Balaban J connectivity index is 2.52. The number of hydrogen-bond acceptors (Lipinski definition) is 2. The number of rotatable bonds is 2. The molecule has 2 N–H and O–H groups in total. The van der Waals surface area contributed by atoms with Gasteiger partial charge in [0.15, 0.2) is 0 Å². The molecule has 1 aromatic heterocycles. The molecule has 0 atom stereocenters. The van der Waals surface area contributed by atoms with Crippen LogP contribution in [0.3, 0.4) is 0 Å². The van der Waals surface area contributed by atoms with Crippen molar-refractivity contribution in [2.75, 3.05) is 0 Å². The molecule has 80 valence electrons. The molecule has 0 radical (unpaired) electrons. The molecule has 1 amide bonds. The molecule has 3 nitrogen and oxygen atoms in total. The Kier molecular flexibility index (Phi) is 2.68. The number of nitrogens with two attached hydrogens (primary N) is 1. The van der Waals surface area contributed by atoms with Gasteiger partial charge in [-0.2, -0.15) is 0 Å². The van der Waals surface area contributed by atoms with E-state index in [-0.39, 0.29) is 0 Å². The van der Waals surface area contributed by atoms with Gasteiger partial charge in [-0.25, -0.2) is 0 Å². The van der Waals surface area contributed by atoms with Crippen LogP contribution < -0.4 is 5.73 Å². The Morgan fingerprint density at radius 2 is 1.81 bits per heavy atom. The van der Waals surface area contributed by atoms with Gasteiger partial charge in [0.2, 0.25) is 5.91 Å². The zero-order valence-electron chi connectivity index (χ0n) is 8.97. The van der Waals surface area contributed by atoms with E-state index < -0.39 is 5.91 Å². The molecule has 0 bridgehead atoms. The molecule has 1 heterocycles. The Labute approximate surface area is 93.9 Å². The maximum absolute atomic E-state index is 11.2. The summed E-state index contributed by atoms with van der Waals surface area (Å²) < 4.78 is 0. The monoisotopic (exact) mass is 212 g/mol. The van der Waals surface area contributed by atoms with E-state index in [0.29, 0.717) is 5.56 Å². The van der Waals surface area contributed by atoms with Gasteiger partial charge in [-0.15, -0.1) is 0 Å². The van der Waals surface area contributed by atoms with Gasteiger partial charge < -0.3 is 5.73 Å². The Morgan fingerprint density at radius 3 is 2.44 bits per heavy atom. The normalized spacial score (nSPS) is 10.1. The summed E-state index contributed by atoms with van der Waals surface area (Å²) in [6.45, 7) is 1.87. The van der Waals surface area contributed by atoms with E-state index >= 15 is 0 Å². The van der Waals surface area contributed by atoms with E-state index in [1.54, 1.807) is 12.4 Å². The molecule has 2 aromatic rings. The number of benzene rings is 1. The number of aromatic nitrogens is 1. The third kappa shape index (κ3) is 1.93. The van der Waals surface area contributed by atoms with Crippen molar-refractivity contribution in [3.63, 3.8) is 0 Å². The first-order chi connectivity index (χ1) is 7.68. The number of carbonyl (C=O) groups is 1. The molecule has 0 saturated carbocycles. The summed E-state index contributed by atoms with van der Waals surface area (Å²) in [5.41, 5.74) is 8.77. The van der Waals surface area contributed by atoms with Gasteiger partial charge >= 0.3 is 0 Å². The second-order valence-corrected chi connectivity index (χ2v) is 3.63. The number of amides is 1. The van der Waals surface area contributed by atoms with Crippen molar-refractivity contribution in [1.82, 2.24) is 4.98 Å². The number of hydrogen-bond donors (Lipinski definition) is 1. The number of nitrogens with zero attached hydrogens (tertiary/aromatic N) is 1. The first-order valence-electron chi connectivity index (χ1n) is 4.99. The van der Waals surface area contributed by atoms with Gasteiger partial charge in [-0.05, 0) is 41.8 Å². The molecule has 0 aliphatic carbocycles. The summed E-state index contributed by atoms with van der Waals surface area (Å²) in [6, 6.07) is 9.48. The fraction of sp³-hybridized carbons (Fsp3) is 0.0769. The highest BCUT2D eigenvalue weighted by atomic mass is 16.1. The average molecular weight is 212 g/mol. The summed E-state index contributed by atoms with van der Waals surface area (Å²) in [6.07, 6.45) is 3.44. The van der Waals surface area contributed by atoms with Crippen molar-refractivity contribution >= 4 is 5.91 Å². The molecular formula is C13H12N2O. The van der Waals surface area contributed by atoms with Crippen molar-refractivity contribution in [3.8, 4) is 11.1 Å². The molecule has 0 spiro atoms. The van der Waals surface area contributed by atoms with Crippen LogP contribution in [0.1, 0.15) is 15.9 Å². The first kappa shape index (κ1) is 10.4. The summed E-state index contributed by atoms with van der Waals surface area (Å²) in [7, 11) is 0. The van der Waals surface area contributed by atoms with E-state index in [1.165, 1.54) is 0 Å². The highest BCUT2D eigenvalue weighted by Crippen LogP contribution is 2.21. The highest BCUT2D eigenvalue weighted by molar-refractivity contribution is 5.95. The fourth-order valence-electron chi connectivity index (χ4n) is 1.61. The molecule has 0 aliphatic heterocycles. The topological polar surface area (TPSA) is 56.0 Å². The third-order valence-electron chi connectivity index (χ3n) is 2.52. The minimum absolute atomic E-state index is 0.395. The second-order valence-electron chi connectivity index (χ2n) is 3.63. The minimum atomic E-state index is -0.395. The van der Waals surface area contributed by atoms with Crippen LogP contribution in [-0.4, -0.2) is 10.9 Å². The molecule has 0 unspecified atom stereocenters. The predicted octanol–water partition coefficient (Wildman–Crippen LogP) is 2.16. The van der Waals surface area contributed by atoms with Crippen LogP contribution in [0.4, 0.5) is 0 Å². The average Bonchev–Trinajstić information content (AvgIpc) is 2.30. The summed E-state index contributed by atoms with van der Waals surface area (Å²) in [5.74, 6) is -0.395. The maximum Gasteiger partial charge on any atom is 0.248 e. The van der Waals surface area contributed by atoms with Gasteiger partial charge in [0.25, 0.3) is 0 Å². The zero-order valence-corrected chi connectivity index (χ0v) is 8.97. The number of aryl methyl sites for hydroxylation is 1. The van der Waals surface area contributed by atoms with E-state index in [9.17, 15) is 4.79 Å². The number of pyridine rings is 1. The van der Waals surface area contributed by atoms with Gasteiger partial charge in [0.1, 0.15) is 0 Å². The third-order valence-corrected chi connectivity index (χ3v) is 2.52. The maximum atomic E-state index is 11.2. The Hall–Kier alpha value is -2.16. The lowest BCUT2D eigenvalue weighted by Crippen LogP contribution is -2.12. The lowest BCUT2D eigenvalue weighted by Gasteiger charge is -2.05. The van der Waals surface area contributed by atoms with E-state index in [4.69, 9.17) is 5.73 Å². The van der Waals surface area contributed by atoms with Crippen LogP contribution in [-0.2, 0) is 0 Å². The zero-order chi connectivity index (χ0) is 11.5. The Morgan fingerprint density at radius 1 is 1.12 bits per heavy atom. The van der Waals surface area contributed by atoms with Crippen LogP contribution >= 0.6 is 0 Å². The summed E-state index contributed by atoms with van der Waals surface area (Å²) in [4.78, 5) is 15.2. The van der Waals surface area contributed by atoms with Crippen LogP contribution in [0.25, 0.3) is 11.1 Å².